The summed E-state index contributed by atoms with van der Waals surface area (Å²) >= 11 is 0. The maximum atomic E-state index is 13.7. The highest BCUT2D eigenvalue weighted by Gasteiger charge is 2.31. The molecule has 0 bridgehead atoms. The summed E-state index contributed by atoms with van der Waals surface area (Å²) in [7, 11) is 3.98. The van der Waals surface area contributed by atoms with Crippen LogP contribution >= 0.6 is 0 Å². The van der Waals surface area contributed by atoms with Crippen molar-refractivity contribution in [3.8, 4) is 17.2 Å². The van der Waals surface area contributed by atoms with Crippen molar-refractivity contribution in [2.45, 2.75) is 56.8 Å². The normalized spacial score (nSPS) is 19.9. The average Bonchev–Trinajstić information content (AvgIpc) is 3.69. The number of pyridine rings is 1. The third kappa shape index (κ3) is 7.38. The highest BCUT2D eigenvalue weighted by atomic mass is 16.2. The van der Waals surface area contributed by atoms with Crippen LogP contribution < -0.4 is 20.9 Å². The van der Waals surface area contributed by atoms with Gasteiger partial charge in [0.2, 0.25) is 5.95 Å². The quantitative estimate of drug-likeness (QED) is 0.253. The van der Waals surface area contributed by atoms with Crippen molar-refractivity contribution in [2.24, 2.45) is 7.05 Å². The standard InChI is InChI=1S/C33H39N11O/c1-42-15-14-28(22-42)39-31-25(16-34)19-36-32(41-31)40-27-9-11-29(12-10-27)44(33(45)37-17-23-6-4-3-5-7-23)30-13-8-24(18-35-30)26-20-38-43(2)21-26/h3-8,13,18-21,27-29H,9-12,14-15,17,22H2,1-2H3,(H,37,45)(H2,36,39,40,41)/t27-,28?,29-. The molecule has 1 aliphatic carbocycles. The molecular weight excluding hydrogens is 566 g/mol. The molecule has 12 heteroatoms. The highest BCUT2D eigenvalue weighted by molar-refractivity contribution is 5.91. The minimum atomic E-state index is -0.166. The van der Waals surface area contributed by atoms with E-state index in [-0.39, 0.29) is 24.2 Å². The number of amides is 2. The first-order valence-electron chi connectivity index (χ1n) is 15.5. The smallest absolute Gasteiger partial charge is 0.323 e. The summed E-state index contributed by atoms with van der Waals surface area (Å²) in [6.45, 7) is 2.37. The summed E-state index contributed by atoms with van der Waals surface area (Å²) in [5, 5.41) is 23.9. The molecule has 2 aliphatic rings. The van der Waals surface area contributed by atoms with E-state index in [1.165, 1.54) is 0 Å². The number of benzene rings is 1. The number of nitrogens with one attached hydrogen (secondary N) is 3. The van der Waals surface area contributed by atoms with E-state index >= 15 is 0 Å². The van der Waals surface area contributed by atoms with Gasteiger partial charge in [0.25, 0.3) is 0 Å². The minimum Gasteiger partial charge on any atom is -0.365 e. The summed E-state index contributed by atoms with van der Waals surface area (Å²) in [6.07, 6.45) is 11.4. The van der Waals surface area contributed by atoms with E-state index in [0.29, 0.717) is 29.7 Å². The van der Waals surface area contributed by atoms with Gasteiger partial charge in [0.05, 0.1) is 12.4 Å². The molecule has 232 valence electrons. The fraction of sp³-hybridized carbons (Fsp3) is 0.394. The summed E-state index contributed by atoms with van der Waals surface area (Å²) in [5.41, 5.74) is 3.40. The van der Waals surface area contributed by atoms with Crippen LogP contribution in [0.2, 0.25) is 0 Å². The molecule has 3 aromatic heterocycles. The third-order valence-corrected chi connectivity index (χ3v) is 8.57. The summed E-state index contributed by atoms with van der Waals surface area (Å²) in [4.78, 5) is 31.6. The van der Waals surface area contributed by atoms with Gasteiger partial charge in [0.1, 0.15) is 23.3 Å². The first-order chi connectivity index (χ1) is 21.9. The van der Waals surface area contributed by atoms with E-state index in [4.69, 9.17) is 4.98 Å². The Kier molecular flexibility index (Phi) is 9.17. The highest BCUT2D eigenvalue weighted by Crippen LogP contribution is 2.30. The molecule has 6 rings (SSSR count). The van der Waals surface area contributed by atoms with Crippen LogP contribution in [0.1, 0.15) is 43.2 Å². The molecule has 3 N–H and O–H groups in total. The lowest BCUT2D eigenvalue weighted by atomic mass is 9.90. The predicted octanol–water partition coefficient (Wildman–Crippen LogP) is 4.40. The zero-order valence-corrected chi connectivity index (χ0v) is 25.7. The van der Waals surface area contributed by atoms with Crippen LogP contribution in [0.5, 0.6) is 0 Å². The predicted molar refractivity (Wildman–Crippen MR) is 174 cm³/mol. The van der Waals surface area contributed by atoms with E-state index in [1.54, 1.807) is 23.3 Å². The van der Waals surface area contributed by atoms with Gasteiger partial charge in [-0.3, -0.25) is 9.58 Å². The SMILES string of the molecule is CN1CCC(Nc2nc(N[C@H]3CC[C@H](N(C(=O)NCc4ccccc4)c4ccc(-c5cnn(C)c5)cn4)CC3)ncc2C#N)C1. The Balaban J connectivity index is 1.13. The maximum absolute atomic E-state index is 13.7. The number of aryl methyl sites for hydroxylation is 1. The number of nitriles is 1. The molecule has 1 saturated heterocycles. The van der Waals surface area contributed by atoms with Crippen LogP contribution in [0.15, 0.2) is 67.3 Å². The van der Waals surface area contributed by atoms with Gasteiger partial charge in [-0.1, -0.05) is 30.3 Å². The molecule has 4 heterocycles. The molecule has 12 nitrogen and oxygen atoms in total. The summed E-state index contributed by atoms with van der Waals surface area (Å²) in [5.74, 6) is 1.70. The number of urea groups is 1. The van der Waals surface area contributed by atoms with Crippen LogP contribution in [0.25, 0.3) is 11.1 Å². The van der Waals surface area contributed by atoms with Gasteiger partial charge in [-0.2, -0.15) is 15.3 Å². The van der Waals surface area contributed by atoms with E-state index in [9.17, 15) is 10.1 Å². The number of hydrogen-bond acceptors (Lipinski definition) is 9. The van der Waals surface area contributed by atoms with E-state index in [2.05, 4.69) is 49.0 Å². The number of anilines is 3. The van der Waals surface area contributed by atoms with Gasteiger partial charge < -0.3 is 20.9 Å². The molecule has 45 heavy (non-hydrogen) atoms. The molecule has 2 amide bonds. The van der Waals surface area contributed by atoms with Crippen molar-refractivity contribution < 1.29 is 4.79 Å². The number of carbonyl (C=O) groups excluding carboxylic acids is 1. The monoisotopic (exact) mass is 605 g/mol. The zero-order valence-electron chi connectivity index (χ0n) is 25.7. The Morgan fingerprint density at radius 2 is 1.78 bits per heavy atom. The minimum absolute atomic E-state index is 0.0194. The van der Waals surface area contributed by atoms with Crippen LogP contribution in [-0.2, 0) is 13.6 Å². The molecule has 4 aromatic rings. The molecular formula is C33H39N11O. The number of rotatable bonds is 9. The first-order valence-corrected chi connectivity index (χ1v) is 15.5. The van der Waals surface area contributed by atoms with Crippen LogP contribution in [0.4, 0.5) is 22.4 Å². The topological polar surface area (TPSA) is 140 Å². The second-order valence-electron chi connectivity index (χ2n) is 11.9. The molecule has 0 spiro atoms. The second kappa shape index (κ2) is 13.7. The Bertz CT molecular complexity index is 1620. The van der Waals surface area contributed by atoms with Crippen LogP contribution in [0.3, 0.4) is 0 Å². The summed E-state index contributed by atoms with van der Waals surface area (Å²) < 4.78 is 1.76. The number of likely N-dealkylation sites (tertiary alicyclic amines) is 1. The van der Waals surface area contributed by atoms with Gasteiger partial charge in [-0.15, -0.1) is 0 Å². The van der Waals surface area contributed by atoms with Gasteiger partial charge in [0, 0.05) is 61.8 Å². The number of aromatic nitrogens is 5. The van der Waals surface area contributed by atoms with Crippen LogP contribution in [-0.4, -0.2) is 73.9 Å². The lowest BCUT2D eigenvalue weighted by molar-refractivity contribution is 0.240. The van der Waals surface area contributed by atoms with E-state index < -0.39 is 0 Å². The van der Waals surface area contributed by atoms with Crippen LogP contribution in [0, 0.1) is 11.3 Å². The number of likely N-dealkylation sites (N-methyl/N-ethyl adjacent to an activating group) is 1. The van der Waals surface area contributed by atoms with Crippen molar-refractivity contribution >= 4 is 23.6 Å². The van der Waals surface area contributed by atoms with E-state index in [1.807, 2.05) is 60.6 Å². The zero-order chi connectivity index (χ0) is 31.2. The Morgan fingerprint density at radius 1 is 0.956 bits per heavy atom. The van der Waals surface area contributed by atoms with Crippen molar-refractivity contribution in [1.29, 1.82) is 5.26 Å². The lowest BCUT2D eigenvalue weighted by Crippen LogP contribution is -2.49. The molecule has 0 radical (unpaired) electrons. The molecule has 1 saturated carbocycles. The number of hydrogen-bond donors (Lipinski definition) is 3. The van der Waals surface area contributed by atoms with Crippen molar-refractivity contribution in [3.05, 3.63) is 78.4 Å². The van der Waals surface area contributed by atoms with Crippen molar-refractivity contribution in [1.82, 2.24) is 34.9 Å². The third-order valence-electron chi connectivity index (χ3n) is 8.57. The molecule has 2 fully saturated rings. The number of nitrogens with zero attached hydrogens (tertiary/aromatic N) is 8. The Labute approximate surface area is 263 Å². The largest absolute Gasteiger partial charge is 0.365 e. The molecule has 1 aliphatic heterocycles. The van der Waals surface area contributed by atoms with Gasteiger partial charge in [-0.05, 0) is 63.4 Å². The summed E-state index contributed by atoms with van der Waals surface area (Å²) in [6, 6.07) is 16.2. The van der Waals surface area contributed by atoms with Crippen molar-refractivity contribution in [2.75, 3.05) is 35.7 Å². The Morgan fingerprint density at radius 3 is 2.44 bits per heavy atom. The van der Waals surface area contributed by atoms with E-state index in [0.717, 1.165) is 61.9 Å². The molecule has 1 atom stereocenters. The fourth-order valence-corrected chi connectivity index (χ4v) is 6.14. The van der Waals surface area contributed by atoms with Crippen molar-refractivity contribution in [3.63, 3.8) is 0 Å². The number of carbonyl (C=O) groups is 1. The molecule has 1 unspecified atom stereocenters. The maximum Gasteiger partial charge on any atom is 0.323 e. The van der Waals surface area contributed by atoms with Gasteiger partial charge >= 0.3 is 6.03 Å². The fourth-order valence-electron chi connectivity index (χ4n) is 6.14. The van der Waals surface area contributed by atoms with Gasteiger partial charge in [-0.25, -0.2) is 14.8 Å². The lowest BCUT2D eigenvalue weighted by Gasteiger charge is -2.36. The second-order valence-corrected chi connectivity index (χ2v) is 11.9. The molecule has 1 aromatic carbocycles. The average molecular weight is 606 g/mol. The first kappa shape index (κ1) is 30.0. The van der Waals surface area contributed by atoms with Gasteiger partial charge in [0.15, 0.2) is 0 Å². The Hall–Kier alpha value is -5.02.